The van der Waals surface area contributed by atoms with E-state index in [1.165, 1.54) is 39.3 Å². The Hall–Kier alpha value is -3.57. The lowest BCUT2D eigenvalue weighted by atomic mass is 10.0. The fraction of sp³-hybridized carbons (Fsp3) is 0.250. The Balaban J connectivity index is 1.73. The number of rotatable bonds is 8. The summed E-state index contributed by atoms with van der Waals surface area (Å²) in [5.41, 5.74) is 0.527. The summed E-state index contributed by atoms with van der Waals surface area (Å²) in [7, 11) is 2.73. The van der Waals surface area contributed by atoms with Crippen molar-refractivity contribution in [3.05, 3.63) is 70.9 Å². The molecule has 0 radical (unpaired) electrons. The van der Waals surface area contributed by atoms with Gasteiger partial charge in [0, 0.05) is 24.8 Å². The highest BCUT2D eigenvalue weighted by Gasteiger charge is 2.35. The van der Waals surface area contributed by atoms with Crippen molar-refractivity contribution in [1.82, 2.24) is 9.55 Å². The maximum absolute atomic E-state index is 13.5. The molecule has 0 fully saturated rings. The molecule has 4 rings (SSSR count). The zero-order chi connectivity index (χ0) is 25.2. The molecule has 11 heteroatoms. The molecule has 2 aromatic carbocycles. The Morgan fingerprint density at radius 1 is 1.14 bits per heavy atom. The number of alkyl halides is 3. The van der Waals surface area contributed by atoms with Gasteiger partial charge >= 0.3 is 12.1 Å². The maximum Gasteiger partial charge on any atom is 0.416 e. The number of ether oxygens (including phenoxy) is 4. The topological polar surface area (TPSA) is 71.8 Å². The number of carbonyl (C=O) groups excluding carboxylic acids is 1. The molecule has 0 bridgehead atoms. The smallest absolute Gasteiger partial charge is 0.416 e. The third-order valence-electron chi connectivity index (χ3n) is 5.16. The van der Waals surface area contributed by atoms with Gasteiger partial charge in [0.25, 0.3) is 0 Å². The summed E-state index contributed by atoms with van der Waals surface area (Å²) in [5.74, 6) is -0.00393. The first-order valence-electron chi connectivity index (χ1n) is 10.4. The number of benzene rings is 2. The zero-order valence-corrected chi connectivity index (χ0v) is 19.8. The van der Waals surface area contributed by atoms with Gasteiger partial charge in [0.1, 0.15) is 28.9 Å². The predicted molar refractivity (Wildman–Crippen MR) is 123 cm³/mol. The van der Waals surface area contributed by atoms with Crippen molar-refractivity contribution in [2.24, 2.45) is 0 Å². The van der Waals surface area contributed by atoms with Crippen LogP contribution in [-0.2, 0) is 15.7 Å². The second-order valence-corrected chi connectivity index (χ2v) is 8.46. The van der Waals surface area contributed by atoms with Crippen LogP contribution in [0.2, 0.25) is 0 Å². The molecule has 1 atom stereocenters. The molecule has 7 nitrogen and oxygen atoms in total. The number of halogens is 3. The molecular formula is C24H21F3N2O5S. The number of thiophene rings is 1. The average Bonchev–Trinajstić information content (AvgIpc) is 3.45. The highest BCUT2D eigenvalue weighted by atomic mass is 32.1. The van der Waals surface area contributed by atoms with Crippen molar-refractivity contribution >= 4 is 28.3 Å². The van der Waals surface area contributed by atoms with Crippen LogP contribution in [0.4, 0.5) is 13.2 Å². The molecule has 0 saturated heterocycles. The third-order valence-corrected chi connectivity index (χ3v) is 6.26. The van der Waals surface area contributed by atoms with Crippen LogP contribution in [0.25, 0.3) is 16.0 Å². The van der Waals surface area contributed by atoms with Gasteiger partial charge in [0.15, 0.2) is 11.7 Å². The normalized spacial score (nSPS) is 12.5. The van der Waals surface area contributed by atoms with Crippen molar-refractivity contribution in [1.29, 1.82) is 0 Å². The molecule has 2 heterocycles. The molecule has 0 amide bonds. The largest absolute Gasteiger partial charge is 0.484 e. The Morgan fingerprint density at radius 3 is 2.63 bits per heavy atom. The fourth-order valence-electron chi connectivity index (χ4n) is 3.55. The Labute approximate surface area is 202 Å². The molecule has 184 valence electrons. The van der Waals surface area contributed by atoms with Crippen molar-refractivity contribution < 1.29 is 36.9 Å². The van der Waals surface area contributed by atoms with Gasteiger partial charge in [-0.1, -0.05) is 18.2 Å². The number of hydrogen-bond donors (Lipinski definition) is 0. The minimum absolute atomic E-state index is 0.0448. The van der Waals surface area contributed by atoms with E-state index >= 15 is 0 Å². The molecule has 0 saturated carbocycles. The number of methoxy groups -OCH3 is 2. The first kappa shape index (κ1) is 24.6. The molecule has 0 N–H and O–H groups in total. The lowest BCUT2D eigenvalue weighted by Gasteiger charge is -2.19. The summed E-state index contributed by atoms with van der Waals surface area (Å²) in [4.78, 5) is 17.0. The summed E-state index contributed by atoms with van der Waals surface area (Å²) in [6.07, 6.45) is -3.96. The SMILES string of the molecule is COCOc1ccc2ncn(-c3cc(OC(C)c4ccccc4C(F)(F)F)c(C(=O)OC)s3)c2c1. The van der Waals surface area contributed by atoms with Crippen LogP contribution in [-0.4, -0.2) is 36.5 Å². The van der Waals surface area contributed by atoms with Gasteiger partial charge < -0.3 is 18.9 Å². The van der Waals surface area contributed by atoms with Crippen molar-refractivity contribution in [2.45, 2.75) is 19.2 Å². The summed E-state index contributed by atoms with van der Waals surface area (Å²) < 4.78 is 63.4. The van der Waals surface area contributed by atoms with E-state index in [1.807, 2.05) is 0 Å². The van der Waals surface area contributed by atoms with Gasteiger partial charge in [0.05, 0.1) is 23.7 Å². The lowest BCUT2D eigenvalue weighted by molar-refractivity contribution is -0.139. The van der Waals surface area contributed by atoms with E-state index in [1.54, 1.807) is 35.2 Å². The van der Waals surface area contributed by atoms with E-state index in [4.69, 9.17) is 18.9 Å². The molecule has 2 aromatic heterocycles. The number of aromatic nitrogens is 2. The van der Waals surface area contributed by atoms with E-state index in [0.29, 0.717) is 21.8 Å². The molecule has 0 spiro atoms. The third kappa shape index (κ3) is 5.10. The second-order valence-electron chi connectivity index (χ2n) is 7.43. The summed E-state index contributed by atoms with van der Waals surface area (Å²) in [6, 6.07) is 12.0. The Bertz CT molecular complexity index is 1350. The highest BCUT2D eigenvalue weighted by Crippen LogP contribution is 2.39. The molecule has 0 aliphatic carbocycles. The summed E-state index contributed by atoms with van der Waals surface area (Å²) in [6.45, 7) is 1.56. The van der Waals surface area contributed by atoms with Crippen LogP contribution >= 0.6 is 11.3 Å². The minimum atomic E-state index is -4.54. The first-order chi connectivity index (χ1) is 16.7. The zero-order valence-electron chi connectivity index (χ0n) is 19.0. The van der Waals surface area contributed by atoms with Crippen LogP contribution in [0.15, 0.2) is 54.9 Å². The van der Waals surface area contributed by atoms with Gasteiger partial charge in [-0.2, -0.15) is 13.2 Å². The average molecular weight is 507 g/mol. The van der Waals surface area contributed by atoms with Crippen molar-refractivity contribution in [2.75, 3.05) is 21.0 Å². The lowest BCUT2D eigenvalue weighted by Crippen LogP contribution is -2.14. The van der Waals surface area contributed by atoms with Gasteiger partial charge in [0.2, 0.25) is 0 Å². The monoisotopic (exact) mass is 506 g/mol. The maximum atomic E-state index is 13.5. The van der Waals surface area contributed by atoms with E-state index in [-0.39, 0.29) is 23.0 Å². The van der Waals surface area contributed by atoms with Gasteiger partial charge in [-0.3, -0.25) is 4.57 Å². The number of imidazole rings is 1. The number of carbonyl (C=O) groups is 1. The van der Waals surface area contributed by atoms with Crippen LogP contribution in [0.3, 0.4) is 0 Å². The first-order valence-corrected chi connectivity index (χ1v) is 11.2. The number of hydrogen-bond acceptors (Lipinski definition) is 7. The highest BCUT2D eigenvalue weighted by molar-refractivity contribution is 7.16. The van der Waals surface area contributed by atoms with E-state index < -0.39 is 23.8 Å². The molecule has 0 aliphatic rings. The van der Waals surface area contributed by atoms with Gasteiger partial charge in [-0.25, -0.2) is 9.78 Å². The Morgan fingerprint density at radius 2 is 1.91 bits per heavy atom. The van der Waals surface area contributed by atoms with Gasteiger partial charge in [-0.15, -0.1) is 11.3 Å². The number of nitrogens with zero attached hydrogens (tertiary/aromatic N) is 2. The second kappa shape index (κ2) is 9.96. The van der Waals surface area contributed by atoms with Crippen LogP contribution in [0.5, 0.6) is 11.5 Å². The van der Waals surface area contributed by atoms with Crippen molar-refractivity contribution in [3.63, 3.8) is 0 Å². The van der Waals surface area contributed by atoms with Crippen LogP contribution in [0.1, 0.15) is 33.8 Å². The van der Waals surface area contributed by atoms with E-state index in [2.05, 4.69) is 4.98 Å². The Kier molecular flexibility index (Phi) is 6.99. The van der Waals surface area contributed by atoms with Crippen molar-refractivity contribution in [3.8, 4) is 16.5 Å². The fourth-order valence-corrected chi connectivity index (χ4v) is 4.54. The summed E-state index contributed by atoms with van der Waals surface area (Å²) >= 11 is 1.07. The standard InChI is InChI=1S/C24H21F3N2O5S/c1-14(16-6-4-5-7-17(16)24(25,26)27)34-20-11-21(35-22(20)23(30)32-3)29-12-28-18-9-8-15(10-19(18)29)33-13-31-2/h4-12,14H,13H2,1-3H3. The molecule has 35 heavy (non-hydrogen) atoms. The van der Waals surface area contributed by atoms with Crippen LogP contribution < -0.4 is 9.47 Å². The summed E-state index contributed by atoms with van der Waals surface area (Å²) in [5, 5.41) is 0.558. The number of fused-ring (bicyclic) bond motifs is 1. The van der Waals surface area contributed by atoms with E-state index in [9.17, 15) is 18.0 Å². The van der Waals surface area contributed by atoms with Crippen LogP contribution in [0, 0.1) is 0 Å². The molecule has 1 unspecified atom stereocenters. The quantitative estimate of drug-likeness (QED) is 0.215. The predicted octanol–water partition coefficient (Wildman–Crippen LogP) is 6.02. The number of esters is 1. The molecule has 0 aliphatic heterocycles. The molecule has 4 aromatic rings. The van der Waals surface area contributed by atoms with E-state index in [0.717, 1.165) is 17.4 Å². The minimum Gasteiger partial charge on any atom is -0.484 e. The molecular weight excluding hydrogens is 485 g/mol. The van der Waals surface area contributed by atoms with Gasteiger partial charge in [-0.05, 0) is 25.1 Å².